The molecule has 1 aliphatic heterocycles. The third-order valence-electron chi connectivity index (χ3n) is 5.79. The van der Waals surface area contributed by atoms with Crippen molar-refractivity contribution < 1.29 is 18.8 Å². The number of methoxy groups -OCH3 is 1. The summed E-state index contributed by atoms with van der Waals surface area (Å²) in [6.07, 6.45) is 1.31. The van der Waals surface area contributed by atoms with Crippen molar-refractivity contribution in [3.8, 4) is 39.9 Å². The topological polar surface area (TPSA) is 97.7 Å². The summed E-state index contributed by atoms with van der Waals surface area (Å²) in [6, 6.07) is 15.7. The van der Waals surface area contributed by atoms with Crippen LogP contribution >= 0.6 is 0 Å². The number of aryl methyl sites for hydroxylation is 1. The zero-order valence-corrected chi connectivity index (χ0v) is 18.0. The Morgan fingerprint density at radius 3 is 2.53 bits per heavy atom. The van der Waals surface area contributed by atoms with Crippen molar-refractivity contribution in [2.45, 2.75) is 25.9 Å². The number of rotatable bonds is 5. The molecule has 8 heteroatoms. The fourth-order valence-corrected chi connectivity index (χ4v) is 4.03. The fourth-order valence-electron chi connectivity index (χ4n) is 4.03. The summed E-state index contributed by atoms with van der Waals surface area (Å²) >= 11 is 0. The van der Waals surface area contributed by atoms with Gasteiger partial charge in [-0.25, -0.2) is 0 Å². The number of piperidine rings is 1. The first kappa shape index (κ1) is 20.3. The van der Waals surface area contributed by atoms with Crippen molar-refractivity contribution >= 4 is 5.69 Å². The van der Waals surface area contributed by atoms with Gasteiger partial charge < -0.3 is 23.7 Å². The third kappa shape index (κ3) is 3.73. The maximum atomic E-state index is 9.77. The van der Waals surface area contributed by atoms with Gasteiger partial charge in [-0.2, -0.15) is 0 Å². The van der Waals surface area contributed by atoms with E-state index in [2.05, 4.69) is 20.3 Å². The van der Waals surface area contributed by atoms with Gasteiger partial charge in [0.2, 0.25) is 0 Å². The molecule has 0 amide bonds. The fraction of sp³-hybridized carbons (Fsp3) is 0.292. The number of aliphatic hydroxyl groups is 1. The second kappa shape index (κ2) is 8.47. The van der Waals surface area contributed by atoms with Gasteiger partial charge in [0.1, 0.15) is 22.8 Å². The molecular formula is C24H24N4O4. The minimum atomic E-state index is -0.217. The van der Waals surface area contributed by atoms with Crippen LogP contribution in [0.3, 0.4) is 0 Å². The Morgan fingerprint density at radius 2 is 1.78 bits per heavy atom. The molecule has 3 heterocycles. The molecule has 1 N–H and O–H groups in total. The first-order chi connectivity index (χ1) is 15.6. The quantitative estimate of drug-likeness (QED) is 0.497. The van der Waals surface area contributed by atoms with E-state index in [1.54, 1.807) is 7.11 Å². The molecule has 0 bridgehead atoms. The van der Waals surface area contributed by atoms with E-state index >= 15 is 0 Å². The summed E-state index contributed by atoms with van der Waals surface area (Å²) in [4.78, 5) is 2.24. The summed E-state index contributed by atoms with van der Waals surface area (Å²) in [5, 5.41) is 22.5. The van der Waals surface area contributed by atoms with E-state index in [4.69, 9.17) is 13.7 Å². The van der Waals surface area contributed by atoms with E-state index in [0.717, 1.165) is 37.2 Å². The van der Waals surface area contributed by atoms with Crippen LogP contribution in [0.15, 0.2) is 57.5 Å². The van der Waals surface area contributed by atoms with Gasteiger partial charge in [-0.15, -0.1) is 10.2 Å². The molecule has 0 unspecified atom stereocenters. The molecule has 32 heavy (non-hydrogen) atoms. The van der Waals surface area contributed by atoms with Crippen LogP contribution in [0, 0.1) is 6.92 Å². The number of nitrogens with zero attached hydrogens (tertiary/aromatic N) is 4. The average molecular weight is 432 g/mol. The Kier molecular flexibility index (Phi) is 5.36. The van der Waals surface area contributed by atoms with Gasteiger partial charge in [0.15, 0.2) is 0 Å². The summed E-state index contributed by atoms with van der Waals surface area (Å²) in [5.41, 5.74) is 4.00. The van der Waals surface area contributed by atoms with Crippen molar-refractivity contribution in [3.63, 3.8) is 0 Å². The minimum Gasteiger partial charge on any atom is -0.496 e. The van der Waals surface area contributed by atoms with Gasteiger partial charge in [0.25, 0.3) is 11.8 Å². The zero-order chi connectivity index (χ0) is 22.1. The Balaban J connectivity index is 1.48. The molecule has 2 aromatic carbocycles. The number of aromatic nitrogens is 3. The van der Waals surface area contributed by atoms with Crippen LogP contribution in [0.4, 0.5) is 5.69 Å². The van der Waals surface area contributed by atoms with E-state index in [1.165, 1.54) is 0 Å². The Bertz CT molecular complexity index is 1210. The zero-order valence-electron chi connectivity index (χ0n) is 18.0. The molecule has 0 spiro atoms. The number of hydrogen-bond donors (Lipinski definition) is 1. The second-order valence-corrected chi connectivity index (χ2v) is 7.84. The second-order valence-electron chi connectivity index (χ2n) is 7.84. The molecule has 1 saturated heterocycles. The Labute approximate surface area is 185 Å². The van der Waals surface area contributed by atoms with E-state index < -0.39 is 0 Å². The van der Waals surface area contributed by atoms with Crippen LogP contribution in [0.1, 0.15) is 18.6 Å². The number of ether oxygens (including phenoxy) is 1. The molecule has 0 atom stereocenters. The van der Waals surface area contributed by atoms with E-state index in [9.17, 15) is 5.11 Å². The highest BCUT2D eigenvalue weighted by atomic mass is 16.5. The normalized spacial score (nSPS) is 14.7. The van der Waals surface area contributed by atoms with Crippen LogP contribution in [-0.4, -0.2) is 46.8 Å². The first-order valence-corrected chi connectivity index (χ1v) is 10.6. The smallest absolute Gasteiger partial charge is 0.254 e. The monoisotopic (exact) mass is 432 g/mol. The highest BCUT2D eigenvalue weighted by Gasteiger charge is 2.24. The van der Waals surface area contributed by atoms with Crippen LogP contribution in [0.5, 0.6) is 5.75 Å². The standard InChI is InChI=1S/C24H24N4O4/c1-15-21(22(27-32-15)16-6-4-3-5-7-16)24-26-25-23(31-24)19-9-8-17(14-20(19)30-2)28-12-10-18(29)11-13-28/h3-9,14,18,29H,10-13H2,1-2H3. The van der Waals surface area contributed by atoms with Crippen LogP contribution in [0.25, 0.3) is 34.2 Å². The van der Waals surface area contributed by atoms with Crippen LogP contribution in [-0.2, 0) is 0 Å². The third-order valence-corrected chi connectivity index (χ3v) is 5.79. The molecule has 164 valence electrons. The Hall–Kier alpha value is -3.65. The van der Waals surface area contributed by atoms with Crippen molar-refractivity contribution in [3.05, 3.63) is 54.3 Å². The highest BCUT2D eigenvalue weighted by Crippen LogP contribution is 2.38. The summed E-state index contributed by atoms with van der Waals surface area (Å²) in [6.45, 7) is 3.44. The maximum Gasteiger partial charge on any atom is 0.254 e. The van der Waals surface area contributed by atoms with Gasteiger partial charge >= 0.3 is 0 Å². The van der Waals surface area contributed by atoms with Crippen molar-refractivity contribution in [2.24, 2.45) is 0 Å². The van der Waals surface area contributed by atoms with E-state index in [-0.39, 0.29) is 6.10 Å². The van der Waals surface area contributed by atoms with Gasteiger partial charge in [-0.05, 0) is 31.9 Å². The molecule has 0 radical (unpaired) electrons. The average Bonchev–Trinajstić information content (AvgIpc) is 3.46. The lowest BCUT2D eigenvalue weighted by Crippen LogP contribution is -2.35. The lowest BCUT2D eigenvalue weighted by molar-refractivity contribution is 0.145. The van der Waals surface area contributed by atoms with Crippen LogP contribution in [0.2, 0.25) is 0 Å². The molecular weight excluding hydrogens is 408 g/mol. The first-order valence-electron chi connectivity index (χ1n) is 10.6. The number of benzene rings is 2. The molecule has 4 aromatic rings. The predicted octanol–water partition coefficient (Wildman–Crippen LogP) is 4.34. The SMILES string of the molecule is COc1cc(N2CCC(O)CC2)ccc1-c1nnc(-c2c(-c3ccccc3)noc2C)o1. The van der Waals surface area contributed by atoms with E-state index in [0.29, 0.717) is 40.1 Å². The van der Waals surface area contributed by atoms with Gasteiger partial charge in [0.05, 0.1) is 18.8 Å². The van der Waals surface area contributed by atoms with Gasteiger partial charge in [-0.1, -0.05) is 35.5 Å². The molecule has 1 fully saturated rings. The number of anilines is 1. The molecule has 8 nitrogen and oxygen atoms in total. The molecule has 0 aliphatic carbocycles. The molecule has 5 rings (SSSR count). The largest absolute Gasteiger partial charge is 0.496 e. The van der Waals surface area contributed by atoms with Crippen molar-refractivity contribution in [1.82, 2.24) is 15.4 Å². The predicted molar refractivity (Wildman–Crippen MR) is 119 cm³/mol. The molecule has 1 aliphatic rings. The van der Waals surface area contributed by atoms with Gasteiger partial charge in [-0.3, -0.25) is 0 Å². The summed E-state index contributed by atoms with van der Waals surface area (Å²) < 4.78 is 17.1. The highest BCUT2D eigenvalue weighted by molar-refractivity contribution is 5.78. The molecule has 0 saturated carbocycles. The lowest BCUT2D eigenvalue weighted by atomic mass is 10.1. The molecule has 2 aromatic heterocycles. The maximum absolute atomic E-state index is 9.77. The Morgan fingerprint density at radius 1 is 1.03 bits per heavy atom. The van der Waals surface area contributed by atoms with E-state index in [1.807, 2.05) is 55.5 Å². The van der Waals surface area contributed by atoms with Gasteiger partial charge in [0, 0.05) is 30.4 Å². The van der Waals surface area contributed by atoms with Crippen LogP contribution < -0.4 is 9.64 Å². The minimum absolute atomic E-state index is 0.217. The number of aliphatic hydroxyl groups excluding tert-OH is 1. The van der Waals surface area contributed by atoms with Crippen molar-refractivity contribution in [2.75, 3.05) is 25.1 Å². The summed E-state index contributed by atoms with van der Waals surface area (Å²) in [5.74, 6) is 1.95. The van der Waals surface area contributed by atoms with Crippen molar-refractivity contribution in [1.29, 1.82) is 0 Å². The lowest BCUT2D eigenvalue weighted by Gasteiger charge is -2.31. The number of hydrogen-bond acceptors (Lipinski definition) is 8. The summed E-state index contributed by atoms with van der Waals surface area (Å²) in [7, 11) is 1.62.